The van der Waals surface area contributed by atoms with Crippen LogP contribution in [-0.2, 0) is 0 Å². The van der Waals surface area contributed by atoms with Crippen molar-refractivity contribution in [3.8, 4) is 0 Å². The fourth-order valence-electron chi connectivity index (χ4n) is 4.04. The Morgan fingerprint density at radius 1 is 1.03 bits per heavy atom. The number of hydrogen-bond acceptors (Lipinski definition) is 5. The minimum absolute atomic E-state index is 0.178. The van der Waals surface area contributed by atoms with E-state index in [1.165, 1.54) is 0 Å². The van der Waals surface area contributed by atoms with Crippen LogP contribution in [0.2, 0.25) is 0 Å². The highest BCUT2D eigenvalue weighted by molar-refractivity contribution is 6.08. The van der Waals surface area contributed by atoms with Gasteiger partial charge >= 0.3 is 0 Å². The van der Waals surface area contributed by atoms with Gasteiger partial charge < -0.3 is 15.1 Å². The average molecular weight is 439 g/mol. The molecule has 0 radical (unpaired) electrons. The molecule has 1 aliphatic heterocycles. The van der Waals surface area contributed by atoms with Crippen LogP contribution in [0, 0.1) is 0 Å². The van der Waals surface area contributed by atoms with Gasteiger partial charge in [0.1, 0.15) is 0 Å². The van der Waals surface area contributed by atoms with Crippen molar-refractivity contribution in [1.82, 2.24) is 20.1 Å². The summed E-state index contributed by atoms with van der Waals surface area (Å²) in [5.74, 6) is -0.178. The number of likely N-dealkylation sites (N-methyl/N-ethyl adjacent to an activating group) is 1. The predicted molar refractivity (Wildman–Crippen MR) is 133 cm³/mol. The molecule has 3 heterocycles. The topological polar surface area (TPSA) is 77.1 Å². The number of nitrogens with one attached hydrogen (secondary N) is 2. The van der Waals surface area contributed by atoms with Crippen LogP contribution in [0.4, 0.5) is 11.4 Å². The molecule has 0 saturated carbocycles. The standard InChI is InChI=1S/C26H26N6O/c1-31-12-14-32(15-13-31)25-17-23-21(16-24(25)28-26(33)20-8-5-11-27-18-20)22(29-30-23)10-9-19-6-3-2-4-7-19/h2-11,16-18H,12-15H2,1H3,(H,28,33)(H,29,30)/b10-9+. The van der Waals surface area contributed by atoms with E-state index in [0.717, 1.165) is 59.7 Å². The van der Waals surface area contributed by atoms with Crippen LogP contribution in [-0.4, -0.2) is 59.2 Å². The van der Waals surface area contributed by atoms with E-state index >= 15 is 0 Å². The SMILES string of the molecule is CN1CCN(c2cc3[nH]nc(/C=C/c4ccccc4)c3cc2NC(=O)c2cccnc2)CC1. The molecule has 2 aromatic carbocycles. The summed E-state index contributed by atoms with van der Waals surface area (Å²) in [6.45, 7) is 3.74. The lowest BCUT2D eigenvalue weighted by atomic mass is 10.1. The molecule has 0 bridgehead atoms. The van der Waals surface area contributed by atoms with E-state index in [4.69, 9.17) is 0 Å². The monoisotopic (exact) mass is 438 g/mol. The second-order valence-corrected chi connectivity index (χ2v) is 8.25. The lowest BCUT2D eigenvalue weighted by molar-refractivity contribution is 0.102. The van der Waals surface area contributed by atoms with Gasteiger partial charge in [0.05, 0.1) is 28.1 Å². The molecule has 2 aromatic heterocycles. The zero-order chi connectivity index (χ0) is 22.6. The molecule has 0 unspecified atom stereocenters. The Kier molecular flexibility index (Phi) is 5.87. The fraction of sp³-hybridized carbons (Fsp3) is 0.192. The number of aromatic amines is 1. The number of hydrogen-bond donors (Lipinski definition) is 2. The van der Waals surface area contributed by atoms with E-state index < -0.39 is 0 Å². The lowest BCUT2D eigenvalue weighted by Crippen LogP contribution is -2.44. The van der Waals surface area contributed by atoms with Crippen LogP contribution in [0.1, 0.15) is 21.6 Å². The van der Waals surface area contributed by atoms with E-state index in [0.29, 0.717) is 5.56 Å². The zero-order valence-corrected chi connectivity index (χ0v) is 18.5. The van der Waals surface area contributed by atoms with Crippen molar-refractivity contribution in [2.24, 2.45) is 0 Å². The molecule has 5 rings (SSSR count). The molecule has 1 aliphatic rings. The minimum Gasteiger partial charge on any atom is -0.367 e. The number of piperazine rings is 1. The van der Waals surface area contributed by atoms with Gasteiger partial charge in [0.15, 0.2) is 0 Å². The van der Waals surface area contributed by atoms with Gasteiger partial charge in [0, 0.05) is 44.0 Å². The molecular formula is C26H26N6O. The van der Waals surface area contributed by atoms with Gasteiger partial charge in [-0.3, -0.25) is 14.9 Å². The number of carbonyl (C=O) groups excluding carboxylic acids is 1. The van der Waals surface area contributed by atoms with Crippen LogP contribution < -0.4 is 10.2 Å². The molecule has 2 N–H and O–H groups in total. The van der Waals surface area contributed by atoms with Crippen molar-refractivity contribution in [2.45, 2.75) is 0 Å². The van der Waals surface area contributed by atoms with Gasteiger partial charge in [-0.2, -0.15) is 5.10 Å². The van der Waals surface area contributed by atoms with Gasteiger partial charge in [0.2, 0.25) is 0 Å². The van der Waals surface area contributed by atoms with Gasteiger partial charge in [-0.1, -0.05) is 36.4 Å². The lowest BCUT2D eigenvalue weighted by Gasteiger charge is -2.35. The maximum absolute atomic E-state index is 13.0. The summed E-state index contributed by atoms with van der Waals surface area (Å²) in [5, 5.41) is 11.8. The number of H-pyrrole nitrogens is 1. The van der Waals surface area contributed by atoms with Crippen molar-refractivity contribution in [3.05, 3.63) is 83.8 Å². The first-order valence-electron chi connectivity index (χ1n) is 11.1. The van der Waals surface area contributed by atoms with E-state index in [1.807, 2.05) is 36.4 Å². The highest BCUT2D eigenvalue weighted by atomic mass is 16.1. The van der Waals surface area contributed by atoms with Crippen LogP contribution in [0.5, 0.6) is 0 Å². The van der Waals surface area contributed by atoms with Crippen molar-refractivity contribution >= 4 is 40.3 Å². The third-order valence-corrected chi connectivity index (χ3v) is 5.96. The van der Waals surface area contributed by atoms with E-state index in [2.05, 4.69) is 55.5 Å². The number of anilines is 2. The average Bonchev–Trinajstić information content (AvgIpc) is 3.26. The van der Waals surface area contributed by atoms with Gasteiger partial charge in [-0.15, -0.1) is 0 Å². The summed E-state index contributed by atoms with van der Waals surface area (Å²) in [5.41, 5.74) is 5.17. The Hall–Kier alpha value is -3.97. The number of benzene rings is 2. The molecule has 0 spiro atoms. The first kappa shape index (κ1) is 20.9. The Morgan fingerprint density at radius 2 is 1.85 bits per heavy atom. The first-order chi connectivity index (χ1) is 16.2. The molecule has 1 fully saturated rings. The molecule has 1 amide bonds. The molecular weight excluding hydrogens is 412 g/mol. The quantitative estimate of drug-likeness (QED) is 0.490. The third kappa shape index (κ3) is 4.63. The zero-order valence-electron chi connectivity index (χ0n) is 18.5. The normalized spacial score (nSPS) is 14.8. The molecule has 4 aromatic rings. The number of pyridine rings is 1. The largest absolute Gasteiger partial charge is 0.367 e. The summed E-state index contributed by atoms with van der Waals surface area (Å²) in [6.07, 6.45) is 7.28. The summed E-state index contributed by atoms with van der Waals surface area (Å²) >= 11 is 0. The number of aromatic nitrogens is 3. The highest BCUT2D eigenvalue weighted by Crippen LogP contribution is 2.33. The van der Waals surface area contributed by atoms with Crippen molar-refractivity contribution in [1.29, 1.82) is 0 Å². The van der Waals surface area contributed by atoms with Crippen LogP contribution in [0.3, 0.4) is 0 Å². The van der Waals surface area contributed by atoms with Crippen molar-refractivity contribution < 1.29 is 4.79 Å². The number of amides is 1. The van der Waals surface area contributed by atoms with Gasteiger partial charge in [-0.25, -0.2) is 0 Å². The molecule has 1 saturated heterocycles. The highest BCUT2D eigenvalue weighted by Gasteiger charge is 2.20. The summed E-state index contributed by atoms with van der Waals surface area (Å²) < 4.78 is 0. The fourth-order valence-corrected chi connectivity index (χ4v) is 4.04. The van der Waals surface area contributed by atoms with E-state index in [9.17, 15) is 4.79 Å². The number of nitrogens with zero attached hydrogens (tertiary/aromatic N) is 4. The smallest absolute Gasteiger partial charge is 0.257 e. The maximum atomic E-state index is 13.0. The summed E-state index contributed by atoms with van der Waals surface area (Å²) in [7, 11) is 2.13. The van der Waals surface area contributed by atoms with E-state index in [-0.39, 0.29) is 5.91 Å². The molecule has 0 atom stereocenters. The summed E-state index contributed by atoms with van der Waals surface area (Å²) in [6, 6.07) is 17.8. The molecule has 166 valence electrons. The minimum atomic E-state index is -0.178. The van der Waals surface area contributed by atoms with Gasteiger partial charge in [0.25, 0.3) is 5.91 Å². The van der Waals surface area contributed by atoms with Crippen LogP contribution in [0.15, 0.2) is 67.0 Å². The van der Waals surface area contributed by atoms with E-state index in [1.54, 1.807) is 24.5 Å². The van der Waals surface area contributed by atoms with Crippen LogP contribution in [0.25, 0.3) is 23.1 Å². The Bertz CT molecular complexity index is 1270. The molecule has 0 aliphatic carbocycles. The molecule has 7 nitrogen and oxygen atoms in total. The Morgan fingerprint density at radius 3 is 2.61 bits per heavy atom. The molecule has 7 heteroatoms. The second kappa shape index (κ2) is 9.26. The number of carbonyl (C=O) groups is 1. The maximum Gasteiger partial charge on any atom is 0.257 e. The Balaban J connectivity index is 1.52. The van der Waals surface area contributed by atoms with Gasteiger partial charge in [-0.05, 0) is 43.0 Å². The second-order valence-electron chi connectivity index (χ2n) is 8.25. The summed E-state index contributed by atoms with van der Waals surface area (Å²) in [4.78, 5) is 21.7. The Labute approximate surface area is 192 Å². The third-order valence-electron chi connectivity index (χ3n) is 5.96. The predicted octanol–water partition coefficient (Wildman–Crippen LogP) is 4.13. The number of rotatable bonds is 5. The number of fused-ring (bicyclic) bond motifs is 1. The van der Waals surface area contributed by atoms with Crippen molar-refractivity contribution in [3.63, 3.8) is 0 Å². The van der Waals surface area contributed by atoms with Crippen molar-refractivity contribution in [2.75, 3.05) is 43.4 Å². The van der Waals surface area contributed by atoms with Crippen LogP contribution >= 0.6 is 0 Å². The molecule has 33 heavy (non-hydrogen) atoms. The first-order valence-corrected chi connectivity index (χ1v) is 11.1.